The van der Waals surface area contributed by atoms with E-state index in [0.717, 1.165) is 17.3 Å². The van der Waals surface area contributed by atoms with Crippen molar-refractivity contribution < 1.29 is 28.6 Å². The van der Waals surface area contributed by atoms with Gasteiger partial charge in [-0.15, -0.1) is 0 Å². The number of thioether (sulfide) groups is 1. The Labute approximate surface area is 188 Å². The van der Waals surface area contributed by atoms with Crippen LogP contribution < -0.4 is 4.74 Å². The van der Waals surface area contributed by atoms with Crippen LogP contribution in [0.4, 0.5) is 0 Å². The third-order valence-electron chi connectivity index (χ3n) is 4.18. The second-order valence-electron chi connectivity index (χ2n) is 6.53. The highest BCUT2D eigenvalue weighted by molar-refractivity contribution is 9.10. The summed E-state index contributed by atoms with van der Waals surface area (Å²) in [5.41, 5.74) is 1.56. The minimum absolute atomic E-state index is 0.0483. The van der Waals surface area contributed by atoms with E-state index in [2.05, 4.69) is 22.5 Å². The minimum atomic E-state index is -0.620. The van der Waals surface area contributed by atoms with Crippen molar-refractivity contribution in [2.24, 2.45) is 0 Å². The van der Waals surface area contributed by atoms with Gasteiger partial charge < -0.3 is 14.2 Å². The standard InChI is InChI=1S/C21H24BrNO6S/c1-6-28-20(25)13(4)30-19-16(22)18(24)23(19)17(12(2)3)21(26)29-11-14-7-9-15(27-5)10-8-14/h7-10,16,19H,4,6,11H2,1-3,5H3. The molecule has 0 spiro atoms. The van der Waals surface area contributed by atoms with E-state index in [9.17, 15) is 14.4 Å². The fourth-order valence-corrected chi connectivity index (χ4v) is 4.44. The molecule has 1 aliphatic heterocycles. The van der Waals surface area contributed by atoms with Gasteiger partial charge in [0.05, 0.1) is 18.6 Å². The molecule has 2 atom stereocenters. The average Bonchev–Trinajstić information content (AvgIpc) is 2.74. The SMILES string of the molecule is C=C(SC1C(Br)C(=O)N1C(C(=O)OCc1ccc(OC)cc1)=C(C)C)C(=O)OCC. The molecule has 7 nitrogen and oxygen atoms in total. The lowest BCUT2D eigenvalue weighted by molar-refractivity contribution is -0.149. The van der Waals surface area contributed by atoms with Crippen molar-refractivity contribution in [2.45, 2.75) is 37.6 Å². The topological polar surface area (TPSA) is 82.1 Å². The number of carbonyl (C=O) groups is 3. The minimum Gasteiger partial charge on any atom is -0.497 e. The lowest BCUT2D eigenvalue weighted by atomic mass is 10.1. The van der Waals surface area contributed by atoms with Gasteiger partial charge in [0.1, 0.15) is 28.3 Å². The molecule has 0 saturated carbocycles. The number of benzene rings is 1. The van der Waals surface area contributed by atoms with Gasteiger partial charge in [0.25, 0.3) is 0 Å². The number of ether oxygens (including phenoxy) is 3. The fourth-order valence-electron chi connectivity index (χ4n) is 2.67. The molecule has 1 saturated heterocycles. The number of rotatable bonds is 9. The number of hydrogen-bond acceptors (Lipinski definition) is 7. The molecule has 1 fully saturated rings. The molecule has 2 unspecified atom stereocenters. The van der Waals surface area contributed by atoms with E-state index < -0.39 is 22.1 Å². The predicted octanol–water partition coefficient (Wildman–Crippen LogP) is 3.77. The van der Waals surface area contributed by atoms with Gasteiger partial charge in [0.15, 0.2) is 0 Å². The van der Waals surface area contributed by atoms with E-state index in [1.165, 1.54) is 4.90 Å². The first kappa shape index (κ1) is 24.0. The molecule has 1 aliphatic rings. The molecular formula is C21H24BrNO6S. The van der Waals surface area contributed by atoms with Crippen LogP contribution in [0.1, 0.15) is 26.3 Å². The second kappa shape index (κ2) is 10.7. The number of esters is 2. The Balaban J connectivity index is 2.11. The van der Waals surface area contributed by atoms with Crippen molar-refractivity contribution in [3.8, 4) is 5.75 Å². The summed E-state index contributed by atoms with van der Waals surface area (Å²) in [7, 11) is 1.57. The summed E-state index contributed by atoms with van der Waals surface area (Å²) >= 11 is 4.38. The Hall–Kier alpha value is -2.26. The van der Waals surface area contributed by atoms with Gasteiger partial charge in [-0.1, -0.05) is 46.4 Å². The molecular weight excluding hydrogens is 474 g/mol. The van der Waals surface area contributed by atoms with Crippen LogP contribution in [0.2, 0.25) is 0 Å². The number of carbonyl (C=O) groups excluding carboxylic acids is 3. The summed E-state index contributed by atoms with van der Waals surface area (Å²) < 4.78 is 15.5. The normalized spacial score (nSPS) is 17.6. The molecule has 0 radical (unpaired) electrons. The van der Waals surface area contributed by atoms with Crippen molar-refractivity contribution in [1.29, 1.82) is 0 Å². The van der Waals surface area contributed by atoms with E-state index >= 15 is 0 Å². The van der Waals surface area contributed by atoms with E-state index in [1.807, 2.05) is 0 Å². The first-order valence-corrected chi connectivity index (χ1v) is 11.0. The van der Waals surface area contributed by atoms with E-state index in [4.69, 9.17) is 14.2 Å². The fraction of sp³-hybridized carbons (Fsp3) is 0.381. The highest BCUT2D eigenvalue weighted by atomic mass is 79.9. The highest BCUT2D eigenvalue weighted by Gasteiger charge is 2.50. The maximum Gasteiger partial charge on any atom is 0.355 e. The third kappa shape index (κ3) is 5.46. The Morgan fingerprint density at radius 2 is 1.80 bits per heavy atom. The molecule has 9 heteroatoms. The Kier molecular flexibility index (Phi) is 8.54. The van der Waals surface area contributed by atoms with Crippen molar-refractivity contribution in [2.75, 3.05) is 13.7 Å². The van der Waals surface area contributed by atoms with Gasteiger partial charge in [-0.25, -0.2) is 9.59 Å². The van der Waals surface area contributed by atoms with Gasteiger partial charge >= 0.3 is 11.9 Å². The molecule has 0 aromatic heterocycles. The van der Waals surface area contributed by atoms with Gasteiger partial charge in [0.2, 0.25) is 5.91 Å². The zero-order valence-electron chi connectivity index (χ0n) is 17.3. The number of alkyl halides is 1. The molecule has 1 heterocycles. The third-order valence-corrected chi connectivity index (χ3v) is 6.60. The van der Waals surface area contributed by atoms with Gasteiger partial charge in [0, 0.05) is 0 Å². The number of amides is 1. The molecule has 0 aliphatic carbocycles. The van der Waals surface area contributed by atoms with Gasteiger partial charge in [-0.05, 0) is 44.0 Å². The number of halogens is 1. The Morgan fingerprint density at radius 3 is 2.33 bits per heavy atom. The first-order valence-electron chi connectivity index (χ1n) is 9.18. The summed E-state index contributed by atoms with van der Waals surface area (Å²) in [6, 6.07) is 7.12. The monoisotopic (exact) mass is 497 g/mol. The summed E-state index contributed by atoms with van der Waals surface area (Å²) in [6.45, 7) is 9.13. The Morgan fingerprint density at radius 1 is 1.17 bits per heavy atom. The number of nitrogens with zero attached hydrogens (tertiary/aromatic N) is 1. The van der Waals surface area contributed by atoms with Crippen molar-refractivity contribution in [1.82, 2.24) is 4.90 Å². The zero-order chi connectivity index (χ0) is 22.4. The van der Waals surface area contributed by atoms with Gasteiger partial charge in [-0.2, -0.15) is 0 Å². The largest absolute Gasteiger partial charge is 0.497 e. The summed E-state index contributed by atoms with van der Waals surface area (Å²) in [5.74, 6) is -0.763. The van der Waals surface area contributed by atoms with Crippen LogP contribution in [0.25, 0.3) is 0 Å². The van der Waals surface area contributed by atoms with E-state index in [1.54, 1.807) is 52.1 Å². The van der Waals surface area contributed by atoms with Crippen LogP contribution in [0.15, 0.2) is 47.0 Å². The zero-order valence-corrected chi connectivity index (χ0v) is 19.7. The van der Waals surface area contributed by atoms with Crippen LogP contribution in [0.5, 0.6) is 5.75 Å². The Bertz CT molecular complexity index is 863. The number of methoxy groups -OCH3 is 1. The first-order chi connectivity index (χ1) is 14.2. The van der Waals surface area contributed by atoms with Crippen LogP contribution in [0.3, 0.4) is 0 Å². The summed E-state index contributed by atoms with van der Waals surface area (Å²) in [5, 5.41) is -0.521. The number of β-lactam (4-membered cyclic amide) rings is 1. The molecule has 1 amide bonds. The van der Waals surface area contributed by atoms with Crippen LogP contribution in [-0.2, 0) is 30.5 Å². The average molecular weight is 498 g/mol. The molecule has 162 valence electrons. The second-order valence-corrected chi connectivity index (χ2v) is 8.73. The molecule has 0 bridgehead atoms. The molecule has 2 rings (SSSR count). The molecule has 30 heavy (non-hydrogen) atoms. The maximum atomic E-state index is 12.8. The number of hydrogen-bond donors (Lipinski definition) is 0. The molecule has 0 N–H and O–H groups in total. The molecule has 1 aromatic rings. The van der Waals surface area contributed by atoms with Crippen molar-refractivity contribution in [3.05, 3.63) is 52.6 Å². The van der Waals surface area contributed by atoms with Crippen molar-refractivity contribution in [3.63, 3.8) is 0 Å². The van der Waals surface area contributed by atoms with Crippen molar-refractivity contribution >= 4 is 45.5 Å². The summed E-state index contributed by atoms with van der Waals surface area (Å²) in [4.78, 5) is 38.1. The lowest BCUT2D eigenvalue weighted by Crippen LogP contribution is -2.61. The summed E-state index contributed by atoms with van der Waals surface area (Å²) in [6.07, 6.45) is 0. The molecule has 1 aromatic carbocycles. The maximum absolute atomic E-state index is 12.8. The van der Waals surface area contributed by atoms with E-state index in [-0.39, 0.29) is 29.7 Å². The van der Waals surface area contributed by atoms with E-state index in [0.29, 0.717) is 11.3 Å². The van der Waals surface area contributed by atoms with Crippen LogP contribution in [-0.4, -0.2) is 46.7 Å². The number of likely N-dealkylation sites (tertiary alicyclic amines) is 1. The van der Waals surface area contributed by atoms with Crippen LogP contribution in [0, 0.1) is 0 Å². The lowest BCUT2D eigenvalue weighted by Gasteiger charge is -2.44. The smallest absolute Gasteiger partial charge is 0.355 e. The predicted molar refractivity (Wildman–Crippen MR) is 118 cm³/mol. The number of allylic oxidation sites excluding steroid dienone is 1. The quantitative estimate of drug-likeness (QED) is 0.222. The van der Waals surface area contributed by atoms with Crippen LogP contribution >= 0.6 is 27.7 Å². The highest BCUT2D eigenvalue weighted by Crippen LogP contribution is 2.41. The van der Waals surface area contributed by atoms with Gasteiger partial charge in [-0.3, -0.25) is 9.69 Å².